The number of anilines is 4. The van der Waals surface area contributed by atoms with Gasteiger partial charge in [-0.1, -0.05) is 0 Å². The molecule has 1 saturated heterocycles. The first-order chi connectivity index (χ1) is 16.3. The number of rotatable bonds is 4. The molecule has 0 unspecified atom stereocenters. The Kier molecular flexibility index (Phi) is 5.58. The van der Waals surface area contributed by atoms with Crippen LogP contribution < -0.4 is 14.9 Å². The number of methoxy groups -OCH3 is 1. The van der Waals surface area contributed by atoms with Gasteiger partial charge in [0.25, 0.3) is 10.0 Å². The highest BCUT2D eigenvalue weighted by atomic mass is 32.2. The summed E-state index contributed by atoms with van der Waals surface area (Å²) in [5.74, 6) is -0.288. The number of benzene rings is 2. The predicted octanol–water partition coefficient (Wildman–Crippen LogP) is 2.54. The van der Waals surface area contributed by atoms with Crippen molar-refractivity contribution in [3.05, 3.63) is 54.2 Å². The Morgan fingerprint density at radius 3 is 2.53 bits per heavy atom. The van der Waals surface area contributed by atoms with E-state index in [-0.39, 0.29) is 27.8 Å². The first-order valence-electron chi connectivity index (χ1n) is 10.8. The highest BCUT2D eigenvalue weighted by Gasteiger charge is 2.30. The summed E-state index contributed by atoms with van der Waals surface area (Å²) in [6.45, 7) is 4.03. The van der Waals surface area contributed by atoms with Gasteiger partial charge in [0.05, 0.1) is 30.3 Å². The number of aromatic nitrogens is 2. The lowest BCUT2D eigenvalue weighted by Gasteiger charge is -2.34. The molecule has 34 heavy (non-hydrogen) atoms. The van der Waals surface area contributed by atoms with Crippen LogP contribution in [0.1, 0.15) is 10.4 Å². The van der Waals surface area contributed by atoms with Gasteiger partial charge in [0.1, 0.15) is 4.90 Å². The summed E-state index contributed by atoms with van der Waals surface area (Å²) in [7, 11) is -0.486. The molecule has 0 radical (unpaired) electrons. The van der Waals surface area contributed by atoms with E-state index in [2.05, 4.69) is 36.9 Å². The van der Waals surface area contributed by atoms with Gasteiger partial charge in [-0.15, -0.1) is 0 Å². The normalized spacial score (nSPS) is 16.7. The monoisotopic (exact) mass is 480 g/mol. The Labute approximate surface area is 197 Å². The van der Waals surface area contributed by atoms with Crippen LogP contribution in [0.4, 0.5) is 23.0 Å². The number of carbonyl (C=O) groups is 1. The summed E-state index contributed by atoms with van der Waals surface area (Å²) < 4.78 is 32.7. The van der Waals surface area contributed by atoms with Crippen molar-refractivity contribution in [2.75, 3.05) is 55.3 Å². The fraction of sp³-hybridized carbons (Fsp3) is 0.261. The molecule has 1 fully saturated rings. The zero-order valence-electron chi connectivity index (χ0n) is 18.8. The van der Waals surface area contributed by atoms with Crippen molar-refractivity contribution in [3.8, 4) is 11.3 Å². The maximum absolute atomic E-state index is 12.7. The lowest BCUT2D eigenvalue weighted by Crippen LogP contribution is -2.44. The number of fused-ring (bicyclic) bond motifs is 3. The maximum Gasteiger partial charge on any atom is 0.337 e. The van der Waals surface area contributed by atoms with Crippen LogP contribution in [-0.4, -0.2) is 69.6 Å². The summed E-state index contributed by atoms with van der Waals surface area (Å²) in [6, 6.07) is 12.6. The summed E-state index contributed by atoms with van der Waals surface area (Å²) in [4.78, 5) is 25.2. The minimum absolute atomic E-state index is 0.0261. The summed E-state index contributed by atoms with van der Waals surface area (Å²) in [6.07, 6.45) is 1.28. The number of hydrogen-bond donors (Lipinski definition) is 2. The number of piperazine rings is 1. The molecule has 2 aliphatic heterocycles. The third-order valence-electron chi connectivity index (χ3n) is 5.98. The van der Waals surface area contributed by atoms with E-state index in [1.165, 1.54) is 19.4 Å². The molecule has 1 aromatic heterocycles. The third kappa shape index (κ3) is 4.15. The van der Waals surface area contributed by atoms with E-state index in [1.807, 2.05) is 24.3 Å². The molecule has 10 nitrogen and oxygen atoms in total. The van der Waals surface area contributed by atoms with Crippen LogP contribution in [0.2, 0.25) is 0 Å². The first kappa shape index (κ1) is 22.1. The molecule has 0 spiro atoms. The molecule has 0 amide bonds. The van der Waals surface area contributed by atoms with Gasteiger partial charge < -0.3 is 19.9 Å². The molecule has 0 bridgehead atoms. The van der Waals surface area contributed by atoms with E-state index in [0.717, 1.165) is 37.6 Å². The zero-order chi connectivity index (χ0) is 23.9. The second kappa shape index (κ2) is 8.58. The fourth-order valence-corrected chi connectivity index (χ4v) is 5.22. The smallest absolute Gasteiger partial charge is 0.337 e. The van der Waals surface area contributed by atoms with Gasteiger partial charge >= 0.3 is 5.97 Å². The Hall–Kier alpha value is -3.70. The van der Waals surface area contributed by atoms with E-state index >= 15 is 0 Å². The number of carbonyl (C=O) groups excluding carboxylic acids is 1. The van der Waals surface area contributed by atoms with Crippen LogP contribution in [0.3, 0.4) is 0 Å². The van der Waals surface area contributed by atoms with Crippen LogP contribution in [-0.2, 0) is 14.8 Å². The van der Waals surface area contributed by atoms with Gasteiger partial charge in [0, 0.05) is 43.1 Å². The minimum atomic E-state index is -3.88. The highest BCUT2D eigenvalue weighted by molar-refractivity contribution is 7.93. The summed E-state index contributed by atoms with van der Waals surface area (Å²) >= 11 is 0. The molecule has 2 aliphatic rings. The van der Waals surface area contributed by atoms with E-state index in [9.17, 15) is 13.2 Å². The van der Waals surface area contributed by atoms with Crippen molar-refractivity contribution in [1.82, 2.24) is 14.9 Å². The molecule has 176 valence electrons. The highest BCUT2D eigenvalue weighted by Crippen LogP contribution is 2.38. The number of esters is 1. The van der Waals surface area contributed by atoms with Gasteiger partial charge in [-0.05, 0) is 49.5 Å². The number of ether oxygens (including phenoxy) is 1. The van der Waals surface area contributed by atoms with E-state index < -0.39 is 16.0 Å². The minimum Gasteiger partial charge on any atom is -0.465 e. The van der Waals surface area contributed by atoms with Gasteiger partial charge in [0.2, 0.25) is 5.95 Å². The number of hydrogen-bond acceptors (Lipinski definition) is 9. The number of nitrogens with zero attached hydrogens (tertiary/aromatic N) is 4. The van der Waals surface area contributed by atoms with Gasteiger partial charge in [-0.3, -0.25) is 4.72 Å². The molecular weight excluding hydrogens is 456 g/mol. The molecule has 2 aromatic carbocycles. The summed E-state index contributed by atoms with van der Waals surface area (Å²) in [5.41, 5.74) is 3.25. The Morgan fingerprint density at radius 2 is 1.82 bits per heavy atom. The van der Waals surface area contributed by atoms with E-state index in [4.69, 9.17) is 4.74 Å². The number of likely N-dealkylation sites (N-methyl/N-ethyl adjacent to an activating group) is 1. The van der Waals surface area contributed by atoms with Crippen LogP contribution in [0.5, 0.6) is 0 Å². The topological polar surface area (TPSA) is 117 Å². The fourth-order valence-electron chi connectivity index (χ4n) is 4.05. The third-order valence-corrected chi connectivity index (χ3v) is 7.34. The SMILES string of the molecule is COC(=O)c1ccc2c(c1)NS(=O)(=O)c1cnc(Nc3ccc(N4CCN(C)CC4)cc3)nc1-2. The van der Waals surface area contributed by atoms with Crippen molar-refractivity contribution in [2.24, 2.45) is 0 Å². The molecule has 2 N–H and O–H groups in total. The Morgan fingerprint density at radius 1 is 1.09 bits per heavy atom. The lowest BCUT2D eigenvalue weighted by atomic mass is 10.1. The largest absolute Gasteiger partial charge is 0.465 e. The van der Waals surface area contributed by atoms with Crippen LogP contribution >= 0.6 is 0 Å². The Balaban J connectivity index is 1.42. The van der Waals surface area contributed by atoms with Crippen molar-refractivity contribution < 1.29 is 17.9 Å². The van der Waals surface area contributed by atoms with E-state index in [0.29, 0.717) is 5.56 Å². The Bertz CT molecular complexity index is 1350. The zero-order valence-corrected chi connectivity index (χ0v) is 19.6. The van der Waals surface area contributed by atoms with Crippen molar-refractivity contribution >= 4 is 39.0 Å². The quantitative estimate of drug-likeness (QED) is 0.543. The predicted molar refractivity (Wildman–Crippen MR) is 129 cm³/mol. The summed E-state index contributed by atoms with van der Waals surface area (Å²) in [5, 5.41) is 3.15. The number of sulfonamides is 1. The molecule has 3 aromatic rings. The molecule has 0 atom stereocenters. The second-order valence-electron chi connectivity index (χ2n) is 8.23. The second-order valence-corrected chi connectivity index (χ2v) is 9.88. The lowest BCUT2D eigenvalue weighted by molar-refractivity contribution is 0.0601. The van der Waals surface area contributed by atoms with Crippen LogP contribution in [0.25, 0.3) is 11.3 Å². The molecule has 11 heteroatoms. The van der Waals surface area contributed by atoms with Gasteiger partial charge in [-0.2, -0.15) is 0 Å². The van der Waals surface area contributed by atoms with Crippen LogP contribution in [0, 0.1) is 0 Å². The average Bonchev–Trinajstić information content (AvgIpc) is 2.84. The van der Waals surface area contributed by atoms with Crippen molar-refractivity contribution in [1.29, 1.82) is 0 Å². The molecule has 0 saturated carbocycles. The molecular formula is C23H24N6O4S. The van der Waals surface area contributed by atoms with Crippen molar-refractivity contribution in [2.45, 2.75) is 4.90 Å². The molecule has 0 aliphatic carbocycles. The number of nitrogens with one attached hydrogen (secondary N) is 2. The maximum atomic E-state index is 12.7. The van der Waals surface area contributed by atoms with Crippen LogP contribution in [0.15, 0.2) is 53.6 Å². The molecule has 5 rings (SSSR count). The average molecular weight is 481 g/mol. The van der Waals surface area contributed by atoms with Gasteiger partial charge in [-0.25, -0.2) is 23.2 Å². The van der Waals surface area contributed by atoms with E-state index in [1.54, 1.807) is 12.1 Å². The standard InChI is InChI=1S/C23H24N6O4S/c1-28-9-11-29(12-10-28)17-6-4-16(5-7-17)25-23-24-14-20-21(26-23)18-8-3-15(22(30)33-2)13-19(18)27-34(20,31)32/h3-8,13-14,27H,9-12H2,1-2H3,(H,24,25,26). The van der Waals surface area contributed by atoms with Gasteiger partial charge in [0.15, 0.2) is 0 Å². The first-order valence-corrected chi connectivity index (χ1v) is 12.3. The van der Waals surface area contributed by atoms with Crippen molar-refractivity contribution in [3.63, 3.8) is 0 Å². The molecule has 3 heterocycles.